The van der Waals surface area contributed by atoms with E-state index in [4.69, 9.17) is 9.47 Å². The molecule has 2 nitrogen and oxygen atoms in total. The highest BCUT2D eigenvalue weighted by atomic mass is 16.7. The molecule has 0 N–H and O–H groups in total. The fourth-order valence-electron chi connectivity index (χ4n) is 1.29. The Kier molecular flexibility index (Phi) is 2.54. The van der Waals surface area contributed by atoms with E-state index in [9.17, 15) is 0 Å². The molecule has 2 heteroatoms. The molecule has 72 valence electrons. The molecule has 1 aliphatic rings. The smallest absolute Gasteiger partial charge is 0.231 e. The minimum Gasteiger partial charge on any atom is -0.454 e. The number of hydrogen-bond donors (Lipinski definition) is 0. The number of benzene rings is 1. The monoisotopic (exact) mass is 188 g/mol. The first-order chi connectivity index (χ1) is 6.90. The quantitative estimate of drug-likeness (QED) is 0.664. The first-order valence-electron chi connectivity index (χ1n) is 4.59. The van der Waals surface area contributed by atoms with Gasteiger partial charge in [0.25, 0.3) is 0 Å². The molecule has 0 atom stereocenters. The average molecular weight is 188 g/mol. The van der Waals surface area contributed by atoms with Crippen molar-refractivity contribution in [2.24, 2.45) is 0 Å². The van der Waals surface area contributed by atoms with Crippen molar-refractivity contribution in [3.05, 3.63) is 42.0 Å². The summed E-state index contributed by atoms with van der Waals surface area (Å²) in [6, 6.07) is 5.91. The van der Waals surface area contributed by atoms with Gasteiger partial charge in [0.05, 0.1) is 0 Å². The Morgan fingerprint density at radius 3 is 2.86 bits per heavy atom. The number of rotatable bonds is 2. The molecule has 0 saturated heterocycles. The van der Waals surface area contributed by atoms with Gasteiger partial charge in [0.15, 0.2) is 11.5 Å². The summed E-state index contributed by atoms with van der Waals surface area (Å²) < 4.78 is 10.5. The Labute approximate surface area is 83.5 Å². The molecule has 0 bridgehead atoms. The highest BCUT2D eigenvalue weighted by molar-refractivity contribution is 5.57. The maximum absolute atomic E-state index is 5.27. The van der Waals surface area contributed by atoms with E-state index in [0.717, 1.165) is 17.1 Å². The van der Waals surface area contributed by atoms with Crippen LogP contribution in [0.1, 0.15) is 12.5 Å². The molecule has 0 aromatic heterocycles. The van der Waals surface area contributed by atoms with Crippen LogP contribution in [-0.4, -0.2) is 6.79 Å². The standard InChI is InChI=1S/C12H12O2/c1-2-3-4-5-10-6-7-11-12(8-10)14-9-13-11/h2-8H,9H2,1H3/b3-2+,5-4+. The summed E-state index contributed by atoms with van der Waals surface area (Å²) in [6.07, 6.45) is 8.01. The molecule has 2 rings (SSSR count). The van der Waals surface area contributed by atoms with Crippen molar-refractivity contribution in [3.63, 3.8) is 0 Å². The lowest BCUT2D eigenvalue weighted by Crippen LogP contribution is -1.92. The Balaban J connectivity index is 2.20. The number of ether oxygens (including phenoxy) is 2. The summed E-state index contributed by atoms with van der Waals surface area (Å²) in [6.45, 7) is 2.32. The van der Waals surface area contributed by atoms with Crippen molar-refractivity contribution in [1.29, 1.82) is 0 Å². The highest BCUT2D eigenvalue weighted by Gasteiger charge is 2.11. The average Bonchev–Trinajstić information content (AvgIpc) is 2.65. The summed E-state index contributed by atoms with van der Waals surface area (Å²) in [5.41, 5.74) is 1.12. The first kappa shape index (κ1) is 8.88. The molecule has 0 radical (unpaired) electrons. The fourth-order valence-corrected chi connectivity index (χ4v) is 1.29. The van der Waals surface area contributed by atoms with E-state index in [2.05, 4.69) is 0 Å². The predicted molar refractivity (Wildman–Crippen MR) is 56.4 cm³/mol. The second-order valence-corrected chi connectivity index (χ2v) is 3.00. The molecule has 0 amide bonds. The lowest BCUT2D eigenvalue weighted by molar-refractivity contribution is 0.174. The third-order valence-corrected chi connectivity index (χ3v) is 1.99. The number of hydrogen-bond acceptors (Lipinski definition) is 2. The molecule has 1 aromatic carbocycles. The van der Waals surface area contributed by atoms with Crippen LogP contribution < -0.4 is 9.47 Å². The van der Waals surface area contributed by atoms with E-state index >= 15 is 0 Å². The van der Waals surface area contributed by atoms with Crippen LogP contribution in [0.15, 0.2) is 36.4 Å². The van der Waals surface area contributed by atoms with Gasteiger partial charge in [-0.15, -0.1) is 0 Å². The van der Waals surface area contributed by atoms with Crippen LogP contribution in [0.3, 0.4) is 0 Å². The van der Waals surface area contributed by atoms with Crippen molar-refractivity contribution in [2.75, 3.05) is 6.79 Å². The van der Waals surface area contributed by atoms with Crippen LogP contribution in [0.2, 0.25) is 0 Å². The summed E-state index contributed by atoms with van der Waals surface area (Å²) in [7, 11) is 0. The fraction of sp³-hybridized carbons (Fsp3) is 0.167. The van der Waals surface area contributed by atoms with Gasteiger partial charge in [-0.3, -0.25) is 0 Å². The highest BCUT2D eigenvalue weighted by Crippen LogP contribution is 2.32. The topological polar surface area (TPSA) is 18.5 Å². The van der Waals surface area contributed by atoms with Crippen molar-refractivity contribution >= 4 is 6.08 Å². The van der Waals surface area contributed by atoms with E-state index in [1.54, 1.807) is 0 Å². The molecular formula is C12H12O2. The summed E-state index contributed by atoms with van der Waals surface area (Å²) >= 11 is 0. The maximum Gasteiger partial charge on any atom is 0.231 e. The van der Waals surface area contributed by atoms with Crippen LogP contribution in [0.4, 0.5) is 0 Å². The lowest BCUT2D eigenvalue weighted by Gasteiger charge is -1.96. The molecule has 0 saturated carbocycles. The second kappa shape index (κ2) is 4.01. The Hall–Kier alpha value is -1.70. The van der Waals surface area contributed by atoms with Crippen molar-refractivity contribution in [2.45, 2.75) is 6.92 Å². The zero-order valence-corrected chi connectivity index (χ0v) is 8.07. The van der Waals surface area contributed by atoms with Gasteiger partial charge in [-0.2, -0.15) is 0 Å². The maximum atomic E-state index is 5.27. The summed E-state index contributed by atoms with van der Waals surface area (Å²) in [5, 5.41) is 0. The zero-order valence-electron chi connectivity index (χ0n) is 8.07. The third kappa shape index (κ3) is 1.79. The zero-order chi connectivity index (χ0) is 9.80. The third-order valence-electron chi connectivity index (χ3n) is 1.99. The molecule has 0 aliphatic carbocycles. The Bertz CT molecular complexity index is 378. The van der Waals surface area contributed by atoms with Crippen molar-refractivity contribution < 1.29 is 9.47 Å². The van der Waals surface area contributed by atoms with Gasteiger partial charge >= 0.3 is 0 Å². The normalized spacial score (nSPS) is 14.4. The van der Waals surface area contributed by atoms with E-state index < -0.39 is 0 Å². The van der Waals surface area contributed by atoms with E-state index in [1.807, 2.05) is 49.4 Å². The van der Waals surface area contributed by atoms with Crippen LogP contribution >= 0.6 is 0 Å². The van der Waals surface area contributed by atoms with Gasteiger partial charge in [0, 0.05) is 0 Å². The first-order valence-corrected chi connectivity index (χ1v) is 4.59. The molecule has 1 aromatic rings. The SMILES string of the molecule is C/C=C/C=C/c1ccc2c(c1)OCO2. The van der Waals surface area contributed by atoms with E-state index in [-0.39, 0.29) is 0 Å². The molecule has 1 aliphatic heterocycles. The van der Waals surface area contributed by atoms with Crippen molar-refractivity contribution in [1.82, 2.24) is 0 Å². The molecule has 0 unspecified atom stereocenters. The minimum atomic E-state index is 0.331. The summed E-state index contributed by atoms with van der Waals surface area (Å²) in [5.74, 6) is 1.65. The van der Waals surface area contributed by atoms with Gasteiger partial charge in [0.2, 0.25) is 6.79 Å². The van der Waals surface area contributed by atoms with Crippen LogP contribution in [0.25, 0.3) is 6.08 Å². The number of allylic oxidation sites excluding steroid dienone is 3. The minimum absolute atomic E-state index is 0.331. The van der Waals surface area contributed by atoms with Crippen molar-refractivity contribution in [3.8, 4) is 11.5 Å². The Morgan fingerprint density at radius 1 is 1.14 bits per heavy atom. The second-order valence-electron chi connectivity index (χ2n) is 3.00. The molecule has 1 heterocycles. The van der Waals surface area contributed by atoms with E-state index in [0.29, 0.717) is 6.79 Å². The summed E-state index contributed by atoms with van der Waals surface area (Å²) in [4.78, 5) is 0. The van der Waals surface area contributed by atoms with Gasteiger partial charge in [-0.25, -0.2) is 0 Å². The van der Waals surface area contributed by atoms with Gasteiger partial charge < -0.3 is 9.47 Å². The number of fused-ring (bicyclic) bond motifs is 1. The molecule has 14 heavy (non-hydrogen) atoms. The van der Waals surface area contributed by atoms with Crippen LogP contribution in [0.5, 0.6) is 11.5 Å². The van der Waals surface area contributed by atoms with Gasteiger partial charge in [-0.1, -0.05) is 30.4 Å². The van der Waals surface area contributed by atoms with Gasteiger partial charge in [-0.05, 0) is 24.6 Å². The van der Waals surface area contributed by atoms with Gasteiger partial charge in [0.1, 0.15) is 0 Å². The molecular weight excluding hydrogens is 176 g/mol. The van der Waals surface area contributed by atoms with E-state index in [1.165, 1.54) is 0 Å². The Morgan fingerprint density at radius 2 is 2.00 bits per heavy atom. The molecule has 0 fully saturated rings. The largest absolute Gasteiger partial charge is 0.454 e. The predicted octanol–water partition coefficient (Wildman–Crippen LogP) is 3.00. The molecule has 0 spiro atoms. The lowest BCUT2D eigenvalue weighted by atomic mass is 10.2. The van der Waals surface area contributed by atoms with Crippen LogP contribution in [0, 0.1) is 0 Å². The van der Waals surface area contributed by atoms with Crippen LogP contribution in [-0.2, 0) is 0 Å².